The molecule has 18 heavy (non-hydrogen) atoms. The molecule has 0 saturated heterocycles. The molecule has 3 heteroatoms. The van der Waals surface area contributed by atoms with Crippen LogP contribution in [0.5, 0.6) is 0 Å². The molecule has 0 amide bonds. The Morgan fingerprint density at radius 1 is 1.28 bits per heavy atom. The molecular formula is C15H24O3. The van der Waals surface area contributed by atoms with Gasteiger partial charge >= 0.3 is 5.97 Å². The predicted molar refractivity (Wildman–Crippen MR) is 69.0 cm³/mol. The Labute approximate surface area is 109 Å². The summed E-state index contributed by atoms with van der Waals surface area (Å²) in [6.07, 6.45) is 7.05. The van der Waals surface area contributed by atoms with E-state index in [2.05, 4.69) is 0 Å². The van der Waals surface area contributed by atoms with Crippen molar-refractivity contribution in [1.29, 1.82) is 0 Å². The molecule has 0 unspecified atom stereocenters. The van der Waals surface area contributed by atoms with Gasteiger partial charge in [-0.1, -0.05) is 6.42 Å². The van der Waals surface area contributed by atoms with Crippen LogP contribution in [0.1, 0.15) is 58.8 Å². The van der Waals surface area contributed by atoms with Crippen LogP contribution in [0.3, 0.4) is 0 Å². The summed E-state index contributed by atoms with van der Waals surface area (Å²) in [5.74, 6) is 1.23. The highest BCUT2D eigenvalue weighted by Gasteiger charge is 2.53. The quantitative estimate of drug-likeness (QED) is 0.706. The van der Waals surface area contributed by atoms with Crippen LogP contribution in [0.25, 0.3) is 0 Å². The molecule has 0 heterocycles. The minimum absolute atomic E-state index is 0.0852. The van der Waals surface area contributed by atoms with Crippen molar-refractivity contribution in [2.24, 2.45) is 17.3 Å². The third kappa shape index (κ3) is 2.45. The molecule has 2 aliphatic carbocycles. The molecule has 2 fully saturated rings. The van der Waals surface area contributed by atoms with Gasteiger partial charge in [0.2, 0.25) is 0 Å². The monoisotopic (exact) mass is 252 g/mol. The van der Waals surface area contributed by atoms with Crippen molar-refractivity contribution in [2.75, 3.05) is 6.61 Å². The molecule has 0 aliphatic heterocycles. The van der Waals surface area contributed by atoms with Crippen molar-refractivity contribution in [2.45, 2.75) is 58.8 Å². The summed E-state index contributed by atoms with van der Waals surface area (Å²) in [7, 11) is 0. The fraction of sp³-hybridized carbons (Fsp3) is 0.867. The molecule has 2 rings (SSSR count). The van der Waals surface area contributed by atoms with Gasteiger partial charge in [0.15, 0.2) is 0 Å². The van der Waals surface area contributed by atoms with Crippen molar-refractivity contribution in [3.63, 3.8) is 0 Å². The second kappa shape index (κ2) is 5.41. The molecule has 2 aliphatic rings. The van der Waals surface area contributed by atoms with Crippen LogP contribution in [0.4, 0.5) is 0 Å². The van der Waals surface area contributed by atoms with E-state index in [0.717, 1.165) is 12.8 Å². The molecule has 0 spiro atoms. The van der Waals surface area contributed by atoms with Gasteiger partial charge < -0.3 is 9.53 Å². The van der Waals surface area contributed by atoms with Crippen molar-refractivity contribution in [1.82, 2.24) is 0 Å². The molecule has 102 valence electrons. The predicted octanol–water partition coefficient (Wildman–Crippen LogP) is 3.12. The Kier molecular flexibility index (Phi) is 4.08. The minimum atomic E-state index is -0.0852. The highest BCUT2D eigenvalue weighted by atomic mass is 16.5. The first-order valence-corrected chi connectivity index (χ1v) is 7.23. The fourth-order valence-electron chi connectivity index (χ4n) is 4.40. The number of Topliss-reactive ketones (excluding diaryl/α,β-unsaturated/α-hetero) is 1. The van der Waals surface area contributed by atoms with E-state index >= 15 is 0 Å². The van der Waals surface area contributed by atoms with Crippen LogP contribution in [0.2, 0.25) is 0 Å². The Bertz CT molecular complexity index is 337. The topological polar surface area (TPSA) is 43.4 Å². The number of hydrogen-bond acceptors (Lipinski definition) is 3. The number of esters is 1. The van der Waals surface area contributed by atoms with E-state index in [-0.39, 0.29) is 17.2 Å². The first-order valence-electron chi connectivity index (χ1n) is 7.23. The van der Waals surface area contributed by atoms with Crippen molar-refractivity contribution in [3.05, 3.63) is 0 Å². The smallest absolute Gasteiger partial charge is 0.306 e. The van der Waals surface area contributed by atoms with Gasteiger partial charge in [-0.25, -0.2) is 0 Å². The molecule has 2 saturated carbocycles. The maximum absolute atomic E-state index is 11.7. The maximum atomic E-state index is 11.7. The minimum Gasteiger partial charge on any atom is -0.466 e. The van der Waals surface area contributed by atoms with Gasteiger partial charge in [-0.15, -0.1) is 0 Å². The largest absolute Gasteiger partial charge is 0.466 e. The zero-order valence-corrected chi connectivity index (χ0v) is 11.5. The number of fused-ring (bicyclic) bond motifs is 1. The number of ketones is 1. The summed E-state index contributed by atoms with van der Waals surface area (Å²) >= 11 is 0. The second-order valence-corrected chi connectivity index (χ2v) is 5.98. The summed E-state index contributed by atoms with van der Waals surface area (Å²) in [6, 6.07) is 0. The van der Waals surface area contributed by atoms with Crippen LogP contribution in [-0.2, 0) is 14.3 Å². The van der Waals surface area contributed by atoms with Crippen molar-refractivity contribution < 1.29 is 14.3 Å². The first kappa shape index (κ1) is 13.6. The molecule has 3 nitrogen and oxygen atoms in total. The third-order valence-electron chi connectivity index (χ3n) is 4.98. The van der Waals surface area contributed by atoms with E-state index < -0.39 is 0 Å². The van der Waals surface area contributed by atoms with E-state index in [1.165, 1.54) is 19.3 Å². The normalized spacial score (nSPS) is 34.3. The fourth-order valence-corrected chi connectivity index (χ4v) is 4.40. The first-order chi connectivity index (χ1) is 8.58. The highest BCUT2D eigenvalue weighted by molar-refractivity contribution is 5.77. The average molecular weight is 252 g/mol. The summed E-state index contributed by atoms with van der Waals surface area (Å²) in [5, 5.41) is 0. The van der Waals surface area contributed by atoms with Gasteiger partial charge in [0.1, 0.15) is 5.78 Å². The Hall–Kier alpha value is -0.860. The molecule has 0 bridgehead atoms. The number of hydrogen-bond donors (Lipinski definition) is 0. The molecular weight excluding hydrogens is 228 g/mol. The van der Waals surface area contributed by atoms with Gasteiger partial charge in [0, 0.05) is 12.8 Å². The molecule has 0 aromatic heterocycles. The van der Waals surface area contributed by atoms with Crippen LogP contribution in [0.15, 0.2) is 0 Å². The highest BCUT2D eigenvalue weighted by Crippen LogP contribution is 2.60. The number of carbonyl (C=O) groups excluding carboxylic acids is 2. The molecule has 0 N–H and O–H groups in total. The summed E-state index contributed by atoms with van der Waals surface area (Å²) in [4.78, 5) is 23.3. The molecule has 0 aromatic rings. The van der Waals surface area contributed by atoms with Crippen molar-refractivity contribution in [3.8, 4) is 0 Å². The van der Waals surface area contributed by atoms with Crippen LogP contribution >= 0.6 is 0 Å². The maximum Gasteiger partial charge on any atom is 0.306 e. The van der Waals surface area contributed by atoms with E-state index in [9.17, 15) is 9.59 Å². The van der Waals surface area contributed by atoms with Crippen LogP contribution in [-0.4, -0.2) is 18.4 Å². The molecule has 3 atom stereocenters. The standard InChI is InChI=1S/C15H24O3/c1-3-18-14(17)9-13-7-6-12-5-4-8-15(12,13)10-11(2)16/h12-13H,3-10H2,1-2H3/t12-,13-,15+/m1/s1. The Balaban J connectivity index is 2.09. The zero-order valence-electron chi connectivity index (χ0n) is 11.5. The SMILES string of the molecule is CCOC(=O)C[C@H]1CC[C@H]2CCC[C@]21CC(C)=O. The Morgan fingerprint density at radius 3 is 2.72 bits per heavy atom. The summed E-state index contributed by atoms with van der Waals surface area (Å²) in [6.45, 7) is 3.98. The van der Waals surface area contributed by atoms with Gasteiger partial charge in [-0.3, -0.25) is 4.79 Å². The van der Waals surface area contributed by atoms with E-state index in [1.807, 2.05) is 6.92 Å². The van der Waals surface area contributed by atoms with Gasteiger partial charge in [0.25, 0.3) is 0 Å². The second-order valence-electron chi connectivity index (χ2n) is 5.98. The van der Waals surface area contributed by atoms with Gasteiger partial charge in [-0.2, -0.15) is 0 Å². The van der Waals surface area contributed by atoms with Crippen molar-refractivity contribution >= 4 is 11.8 Å². The average Bonchev–Trinajstić information content (AvgIpc) is 2.79. The lowest BCUT2D eigenvalue weighted by Gasteiger charge is -2.34. The number of carbonyl (C=O) groups is 2. The van der Waals surface area contributed by atoms with Crippen LogP contribution < -0.4 is 0 Å². The summed E-state index contributed by atoms with van der Waals surface area (Å²) < 4.78 is 5.08. The lowest BCUT2D eigenvalue weighted by molar-refractivity contribution is -0.145. The lowest BCUT2D eigenvalue weighted by atomic mass is 9.69. The van der Waals surface area contributed by atoms with Crippen LogP contribution in [0, 0.1) is 17.3 Å². The zero-order chi connectivity index (χ0) is 13.2. The van der Waals surface area contributed by atoms with Gasteiger partial charge in [-0.05, 0) is 56.8 Å². The Morgan fingerprint density at radius 2 is 2.06 bits per heavy atom. The van der Waals surface area contributed by atoms with Gasteiger partial charge in [0.05, 0.1) is 6.61 Å². The third-order valence-corrected chi connectivity index (χ3v) is 4.98. The lowest BCUT2D eigenvalue weighted by Crippen LogP contribution is -2.32. The number of rotatable bonds is 5. The van der Waals surface area contributed by atoms with E-state index in [1.54, 1.807) is 6.92 Å². The summed E-state index contributed by atoms with van der Waals surface area (Å²) in [5.41, 5.74) is 0.124. The van der Waals surface area contributed by atoms with E-state index in [0.29, 0.717) is 31.3 Å². The van der Waals surface area contributed by atoms with E-state index in [4.69, 9.17) is 4.74 Å². The number of ether oxygens (including phenoxy) is 1. The molecule has 0 aromatic carbocycles. The molecule has 0 radical (unpaired) electrons.